The molecule has 5 aromatic carbocycles. The number of nitrogens with zero attached hydrogens (tertiary/aromatic N) is 5. The van der Waals surface area contributed by atoms with Crippen molar-refractivity contribution in [3.63, 3.8) is 0 Å². The Morgan fingerprint density at radius 3 is 1.60 bits per heavy atom. The second-order valence-corrected chi connectivity index (χ2v) is 13.6. The fraction of sp³-hybridized carbons (Fsp3) is 0. The molecule has 10 aromatic rings. The molecule has 0 aliphatic heterocycles. The molecular formula is C50H33N5. The zero-order chi connectivity index (χ0) is 36.6. The minimum absolute atomic E-state index is 0.864. The van der Waals surface area contributed by atoms with Crippen LogP contribution in [0.4, 0.5) is 0 Å². The lowest BCUT2D eigenvalue weighted by Gasteiger charge is -2.12. The van der Waals surface area contributed by atoms with Gasteiger partial charge in [0.15, 0.2) is 0 Å². The van der Waals surface area contributed by atoms with E-state index in [4.69, 9.17) is 9.97 Å². The fourth-order valence-corrected chi connectivity index (χ4v) is 7.44. The van der Waals surface area contributed by atoms with E-state index in [0.29, 0.717) is 0 Å². The minimum Gasteiger partial charge on any atom is -0.309 e. The summed E-state index contributed by atoms with van der Waals surface area (Å²) in [6.45, 7) is 0. The Labute approximate surface area is 318 Å². The van der Waals surface area contributed by atoms with Gasteiger partial charge in [0, 0.05) is 64.1 Å². The van der Waals surface area contributed by atoms with Gasteiger partial charge in [-0.1, -0.05) is 103 Å². The van der Waals surface area contributed by atoms with E-state index in [1.54, 1.807) is 6.20 Å². The highest BCUT2D eigenvalue weighted by atomic mass is 15.0. The molecule has 0 aliphatic carbocycles. The molecule has 0 spiro atoms. The van der Waals surface area contributed by atoms with Gasteiger partial charge in [0.1, 0.15) is 0 Å². The lowest BCUT2D eigenvalue weighted by molar-refractivity contribution is 1.17. The van der Waals surface area contributed by atoms with Gasteiger partial charge >= 0.3 is 0 Å². The minimum atomic E-state index is 0.864. The molecule has 5 heteroatoms. The second-order valence-electron chi connectivity index (χ2n) is 13.6. The highest BCUT2D eigenvalue weighted by Gasteiger charge is 2.15. The first-order chi connectivity index (χ1) is 27.2. The second kappa shape index (κ2) is 13.8. The molecule has 55 heavy (non-hydrogen) atoms. The predicted octanol–water partition coefficient (Wildman–Crippen LogP) is 12.4. The van der Waals surface area contributed by atoms with Crippen molar-refractivity contribution in [3.8, 4) is 72.8 Å². The molecule has 0 fully saturated rings. The van der Waals surface area contributed by atoms with E-state index >= 15 is 0 Å². The average molecular weight is 704 g/mol. The van der Waals surface area contributed by atoms with Gasteiger partial charge in [-0.05, 0) is 100 Å². The molecule has 0 N–H and O–H groups in total. The van der Waals surface area contributed by atoms with Gasteiger partial charge in [-0.2, -0.15) is 0 Å². The molecule has 0 saturated carbocycles. The number of hydrogen-bond acceptors (Lipinski definition) is 4. The molecule has 5 heterocycles. The summed E-state index contributed by atoms with van der Waals surface area (Å²) in [6, 6.07) is 59.7. The number of para-hydroxylation sites is 1. The molecule has 0 aliphatic rings. The van der Waals surface area contributed by atoms with Crippen LogP contribution < -0.4 is 0 Å². The first-order valence-electron chi connectivity index (χ1n) is 18.3. The third-order valence-corrected chi connectivity index (χ3v) is 10.3. The maximum Gasteiger partial charge on any atom is 0.0731 e. The van der Waals surface area contributed by atoms with Crippen LogP contribution >= 0.6 is 0 Å². The SMILES string of the molecule is c1ccc(-c2ccc(-c3cc(-c4ccc(-c5ccc6c(c5)c5cnccc5n6-c5ccccc5)cc4)nc(-c4ccc(-c5cccnc5)nc4)c3)cc2)cc1. The molecule has 258 valence electrons. The summed E-state index contributed by atoms with van der Waals surface area (Å²) >= 11 is 0. The van der Waals surface area contributed by atoms with Crippen LogP contribution in [-0.4, -0.2) is 24.5 Å². The lowest BCUT2D eigenvalue weighted by Crippen LogP contribution is -1.93. The summed E-state index contributed by atoms with van der Waals surface area (Å²) in [7, 11) is 0. The number of hydrogen-bond donors (Lipinski definition) is 0. The van der Waals surface area contributed by atoms with E-state index in [9.17, 15) is 0 Å². The van der Waals surface area contributed by atoms with E-state index < -0.39 is 0 Å². The summed E-state index contributed by atoms with van der Waals surface area (Å²) in [5, 5.41) is 2.31. The zero-order valence-corrected chi connectivity index (χ0v) is 29.8. The Balaban J connectivity index is 1.03. The molecule has 0 atom stereocenters. The van der Waals surface area contributed by atoms with Gasteiger partial charge in [-0.15, -0.1) is 0 Å². The Bertz CT molecular complexity index is 2820. The van der Waals surface area contributed by atoms with Gasteiger partial charge in [0.05, 0.1) is 28.1 Å². The first-order valence-corrected chi connectivity index (χ1v) is 18.3. The van der Waals surface area contributed by atoms with Gasteiger partial charge in [-0.25, -0.2) is 4.98 Å². The Hall–Kier alpha value is -7.50. The van der Waals surface area contributed by atoms with Crippen LogP contribution in [0.1, 0.15) is 0 Å². The molecule has 0 radical (unpaired) electrons. The van der Waals surface area contributed by atoms with Crippen molar-refractivity contribution in [2.75, 3.05) is 0 Å². The number of pyridine rings is 4. The number of aromatic nitrogens is 5. The van der Waals surface area contributed by atoms with Gasteiger partial charge in [0.25, 0.3) is 0 Å². The van der Waals surface area contributed by atoms with Crippen molar-refractivity contribution in [1.29, 1.82) is 0 Å². The highest BCUT2D eigenvalue weighted by Crippen LogP contribution is 2.36. The van der Waals surface area contributed by atoms with Gasteiger partial charge < -0.3 is 4.57 Å². The summed E-state index contributed by atoms with van der Waals surface area (Å²) in [4.78, 5) is 18.8. The molecule has 10 rings (SSSR count). The Morgan fingerprint density at radius 2 is 0.891 bits per heavy atom. The van der Waals surface area contributed by atoms with Crippen molar-refractivity contribution in [2.45, 2.75) is 0 Å². The Morgan fingerprint density at radius 1 is 0.327 bits per heavy atom. The van der Waals surface area contributed by atoms with Crippen LogP contribution in [-0.2, 0) is 0 Å². The molecular weight excluding hydrogens is 671 g/mol. The van der Waals surface area contributed by atoms with Crippen LogP contribution in [0.5, 0.6) is 0 Å². The largest absolute Gasteiger partial charge is 0.309 e. The zero-order valence-electron chi connectivity index (χ0n) is 29.8. The monoisotopic (exact) mass is 703 g/mol. The van der Waals surface area contributed by atoms with Crippen molar-refractivity contribution in [1.82, 2.24) is 24.5 Å². The van der Waals surface area contributed by atoms with Crippen LogP contribution in [0, 0.1) is 0 Å². The van der Waals surface area contributed by atoms with E-state index in [-0.39, 0.29) is 0 Å². The summed E-state index contributed by atoms with van der Waals surface area (Å²) in [5.74, 6) is 0. The summed E-state index contributed by atoms with van der Waals surface area (Å²) in [5.41, 5.74) is 15.9. The van der Waals surface area contributed by atoms with Crippen molar-refractivity contribution >= 4 is 21.8 Å². The predicted molar refractivity (Wildman–Crippen MR) is 225 cm³/mol. The molecule has 5 nitrogen and oxygen atoms in total. The number of fused-ring (bicyclic) bond motifs is 3. The molecule has 0 unspecified atom stereocenters. The normalized spacial score (nSPS) is 11.3. The van der Waals surface area contributed by atoms with Crippen molar-refractivity contribution < 1.29 is 0 Å². The molecule has 0 bridgehead atoms. The van der Waals surface area contributed by atoms with E-state index in [1.165, 1.54) is 16.5 Å². The van der Waals surface area contributed by atoms with Crippen LogP contribution in [0.15, 0.2) is 201 Å². The molecule has 5 aromatic heterocycles. The molecule has 0 saturated heterocycles. The van der Waals surface area contributed by atoms with E-state index in [2.05, 4.69) is 160 Å². The van der Waals surface area contributed by atoms with Crippen LogP contribution in [0.25, 0.3) is 94.6 Å². The Kier molecular flexibility index (Phi) is 8.08. The van der Waals surface area contributed by atoms with E-state index in [0.717, 1.165) is 78.1 Å². The fourth-order valence-electron chi connectivity index (χ4n) is 7.44. The maximum atomic E-state index is 5.21. The average Bonchev–Trinajstić information content (AvgIpc) is 3.61. The topological polar surface area (TPSA) is 56.5 Å². The van der Waals surface area contributed by atoms with Crippen molar-refractivity contribution in [3.05, 3.63) is 201 Å². The van der Waals surface area contributed by atoms with Crippen molar-refractivity contribution in [2.24, 2.45) is 0 Å². The third kappa shape index (κ3) is 6.14. The number of rotatable bonds is 7. The van der Waals surface area contributed by atoms with Gasteiger partial charge in [0.2, 0.25) is 0 Å². The van der Waals surface area contributed by atoms with Gasteiger partial charge in [-0.3, -0.25) is 15.0 Å². The third-order valence-electron chi connectivity index (χ3n) is 10.3. The highest BCUT2D eigenvalue weighted by molar-refractivity contribution is 6.10. The lowest BCUT2D eigenvalue weighted by atomic mass is 9.97. The molecule has 0 amide bonds. The summed E-state index contributed by atoms with van der Waals surface area (Å²) < 4.78 is 2.31. The first kappa shape index (κ1) is 32.2. The van der Waals surface area contributed by atoms with Crippen LogP contribution in [0.2, 0.25) is 0 Å². The summed E-state index contributed by atoms with van der Waals surface area (Å²) in [6.07, 6.45) is 9.34. The smallest absolute Gasteiger partial charge is 0.0731 e. The quantitative estimate of drug-likeness (QED) is 0.166. The maximum absolute atomic E-state index is 5.21. The van der Waals surface area contributed by atoms with E-state index in [1.807, 2.05) is 49.1 Å². The number of benzene rings is 5. The standard InChI is InChI=1S/C50H33N5/c1-3-8-34(9-4-1)35-13-15-37(16-14-35)42-29-47(54-48(30-42)41-21-23-46(53-32-41)40-10-7-26-51-31-40)38-19-17-36(18-20-38)39-22-24-49-44(28-39)45-33-52-27-25-50(45)55(49)43-11-5-2-6-12-43/h1-33H. The van der Waals surface area contributed by atoms with Crippen LogP contribution in [0.3, 0.4) is 0 Å².